The lowest BCUT2D eigenvalue weighted by Crippen LogP contribution is -2.26. The number of anilines is 1. The molecule has 2 N–H and O–H groups in total. The van der Waals surface area contributed by atoms with Crippen LogP contribution >= 0.6 is 57.9 Å². The Balaban J connectivity index is 1.90. The first-order chi connectivity index (χ1) is 15.6. The Bertz CT molecular complexity index is 1250. The first-order valence-corrected chi connectivity index (χ1v) is 11.5. The molecular weight excluding hydrogens is 540 g/mol. The number of Topliss-reactive ketones (excluding diaryl/α,β-unsaturated/α-hetero) is 1. The first-order valence-electron chi connectivity index (χ1n) is 8.71. The number of nitriles is 1. The van der Waals surface area contributed by atoms with Gasteiger partial charge in [0.05, 0.1) is 14.9 Å². The van der Waals surface area contributed by atoms with E-state index < -0.39 is 17.5 Å². The molecule has 3 rings (SSSR count). The number of carbonyl (C=O) groups excluding carboxylic acids is 1. The lowest BCUT2D eigenvalue weighted by atomic mass is 10.2. The van der Waals surface area contributed by atoms with Gasteiger partial charge in [0.15, 0.2) is 0 Å². The summed E-state index contributed by atoms with van der Waals surface area (Å²) in [6.45, 7) is 0. The maximum Gasteiger partial charge on any atom is 0.455 e. The molecule has 0 amide bonds. The minimum atomic E-state index is -5.16. The van der Waals surface area contributed by atoms with Crippen molar-refractivity contribution in [3.8, 4) is 17.3 Å². The number of aromatic nitrogens is 1. The fourth-order valence-corrected chi connectivity index (χ4v) is 5.09. The minimum Gasteiger partial charge on any atom is -0.305 e. The standard InChI is InChI=1S/C20H10Cl3F3N4OS2/c21-11-1-4-13(5-2-11)32-18-16(14-6-3-12(22)7-15(14)23)29-19(33-18)30-28-9-10(8-27)17(31)20(24,25)26/h1-7,9,28H,(H,29,30). The second-order valence-electron chi connectivity index (χ2n) is 6.10. The second kappa shape index (κ2) is 10.7. The molecule has 0 aliphatic carbocycles. The Morgan fingerprint density at radius 3 is 2.39 bits per heavy atom. The van der Waals surface area contributed by atoms with Crippen LogP contribution in [0.25, 0.3) is 11.3 Å². The van der Waals surface area contributed by atoms with Gasteiger partial charge < -0.3 is 5.43 Å². The van der Waals surface area contributed by atoms with Gasteiger partial charge in [0, 0.05) is 26.7 Å². The Morgan fingerprint density at radius 2 is 1.79 bits per heavy atom. The summed E-state index contributed by atoms with van der Waals surface area (Å²) in [6, 6.07) is 13.2. The summed E-state index contributed by atoms with van der Waals surface area (Å²) in [7, 11) is 0. The van der Waals surface area contributed by atoms with Gasteiger partial charge in [-0.05, 0) is 42.5 Å². The Hall–Kier alpha value is -2.42. The van der Waals surface area contributed by atoms with Crippen LogP contribution in [-0.4, -0.2) is 16.9 Å². The third-order valence-corrected chi connectivity index (χ3v) is 6.78. The van der Waals surface area contributed by atoms with Gasteiger partial charge in [-0.2, -0.15) is 18.4 Å². The van der Waals surface area contributed by atoms with Gasteiger partial charge in [-0.1, -0.05) is 57.9 Å². The number of ketones is 1. The van der Waals surface area contributed by atoms with E-state index in [-0.39, 0.29) is 5.13 Å². The van der Waals surface area contributed by atoms with E-state index in [9.17, 15) is 18.0 Å². The van der Waals surface area contributed by atoms with Crippen molar-refractivity contribution in [1.29, 1.82) is 5.26 Å². The largest absolute Gasteiger partial charge is 0.455 e. The maximum atomic E-state index is 12.5. The molecule has 170 valence electrons. The number of benzene rings is 2. The van der Waals surface area contributed by atoms with Crippen molar-refractivity contribution in [3.05, 3.63) is 69.3 Å². The van der Waals surface area contributed by atoms with E-state index in [1.54, 1.807) is 30.3 Å². The highest BCUT2D eigenvalue weighted by atomic mass is 35.5. The first kappa shape index (κ1) is 25.2. The summed E-state index contributed by atoms with van der Waals surface area (Å²) in [5.41, 5.74) is 4.86. The predicted octanol–water partition coefficient (Wildman–Crippen LogP) is 7.38. The third-order valence-electron chi connectivity index (χ3n) is 3.82. The van der Waals surface area contributed by atoms with Crippen molar-refractivity contribution in [2.75, 3.05) is 5.43 Å². The lowest BCUT2D eigenvalue weighted by Gasteiger charge is -2.05. The average molecular weight is 550 g/mol. The van der Waals surface area contributed by atoms with Crippen LogP contribution in [-0.2, 0) is 4.79 Å². The van der Waals surface area contributed by atoms with E-state index in [2.05, 4.69) is 15.8 Å². The SMILES string of the molecule is N#CC(=CNNc1nc(-c2ccc(Cl)cc2Cl)c(Sc2ccc(Cl)cc2)s1)C(=O)C(F)(F)F. The molecule has 0 radical (unpaired) electrons. The summed E-state index contributed by atoms with van der Waals surface area (Å²) in [5, 5.41) is 10.5. The molecule has 2 aromatic carbocycles. The third kappa shape index (κ3) is 6.56. The highest BCUT2D eigenvalue weighted by Gasteiger charge is 2.40. The van der Waals surface area contributed by atoms with E-state index >= 15 is 0 Å². The van der Waals surface area contributed by atoms with Crippen LogP contribution in [0.4, 0.5) is 18.3 Å². The molecule has 3 aromatic rings. The van der Waals surface area contributed by atoms with E-state index in [4.69, 9.17) is 40.1 Å². The predicted molar refractivity (Wildman–Crippen MR) is 125 cm³/mol. The number of nitrogens with zero attached hydrogens (tertiary/aromatic N) is 2. The van der Waals surface area contributed by atoms with Gasteiger partial charge in [-0.3, -0.25) is 10.2 Å². The van der Waals surface area contributed by atoms with E-state index in [1.807, 2.05) is 12.1 Å². The summed E-state index contributed by atoms with van der Waals surface area (Å²) in [6.07, 6.45) is -4.54. The normalized spacial score (nSPS) is 11.7. The van der Waals surface area contributed by atoms with Crippen LogP contribution in [0.2, 0.25) is 15.1 Å². The molecule has 0 spiro atoms. The molecule has 0 atom stereocenters. The van der Waals surface area contributed by atoms with Gasteiger partial charge >= 0.3 is 6.18 Å². The van der Waals surface area contributed by atoms with Crippen molar-refractivity contribution >= 4 is 68.8 Å². The van der Waals surface area contributed by atoms with E-state index in [1.165, 1.54) is 29.2 Å². The highest BCUT2D eigenvalue weighted by molar-refractivity contribution is 8.01. The van der Waals surface area contributed by atoms with Crippen LogP contribution in [0.5, 0.6) is 0 Å². The van der Waals surface area contributed by atoms with Gasteiger partial charge in [0.25, 0.3) is 5.78 Å². The molecule has 0 bridgehead atoms. The quantitative estimate of drug-likeness (QED) is 0.182. The van der Waals surface area contributed by atoms with E-state index in [0.717, 1.165) is 4.90 Å². The zero-order valence-electron chi connectivity index (χ0n) is 16.0. The van der Waals surface area contributed by atoms with Crippen LogP contribution < -0.4 is 10.9 Å². The molecule has 0 saturated heterocycles. The van der Waals surface area contributed by atoms with Crippen molar-refractivity contribution in [1.82, 2.24) is 10.4 Å². The fourth-order valence-electron chi connectivity index (χ4n) is 2.36. The zero-order valence-corrected chi connectivity index (χ0v) is 19.9. The van der Waals surface area contributed by atoms with Gasteiger partial charge in [0.1, 0.15) is 11.6 Å². The number of hydrogen-bond acceptors (Lipinski definition) is 7. The summed E-state index contributed by atoms with van der Waals surface area (Å²) >= 11 is 20.8. The number of carbonyl (C=O) groups is 1. The highest BCUT2D eigenvalue weighted by Crippen LogP contribution is 2.44. The van der Waals surface area contributed by atoms with Gasteiger partial charge in [0.2, 0.25) is 5.13 Å². The average Bonchev–Trinajstić information content (AvgIpc) is 3.14. The molecular formula is C20H10Cl3F3N4OS2. The second-order valence-corrected chi connectivity index (χ2v) is 9.72. The van der Waals surface area contributed by atoms with Crippen molar-refractivity contribution in [2.45, 2.75) is 15.3 Å². The Kier molecular flexibility index (Phi) is 8.15. The van der Waals surface area contributed by atoms with Crippen LogP contribution in [0.3, 0.4) is 0 Å². The topological polar surface area (TPSA) is 77.8 Å². The number of hydrogen-bond donors (Lipinski definition) is 2. The van der Waals surface area contributed by atoms with Crippen molar-refractivity contribution < 1.29 is 18.0 Å². The number of hydrazine groups is 1. The molecule has 0 aliphatic rings. The molecule has 0 fully saturated rings. The van der Waals surface area contributed by atoms with Crippen LogP contribution in [0, 0.1) is 11.3 Å². The van der Waals surface area contributed by atoms with Gasteiger partial charge in [-0.15, -0.1) is 0 Å². The summed E-state index contributed by atoms with van der Waals surface area (Å²) in [4.78, 5) is 16.5. The fraction of sp³-hybridized carbons (Fsp3) is 0.0500. The summed E-state index contributed by atoms with van der Waals surface area (Å²) in [5.74, 6) is -2.26. The summed E-state index contributed by atoms with van der Waals surface area (Å²) < 4.78 is 38.3. The smallest absolute Gasteiger partial charge is 0.305 e. The molecule has 0 aliphatic heterocycles. The lowest BCUT2D eigenvalue weighted by molar-refractivity contribution is -0.166. The molecule has 0 unspecified atom stereocenters. The molecule has 33 heavy (non-hydrogen) atoms. The molecule has 5 nitrogen and oxygen atoms in total. The monoisotopic (exact) mass is 548 g/mol. The van der Waals surface area contributed by atoms with E-state index in [0.29, 0.717) is 36.7 Å². The number of thiazole rings is 1. The van der Waals surface area contributed by atoms with Gasteiger partial charge in [-0.25, -0.2) is 4.98 Å². The Morgan fingerprint density at radius 1 is 1.12 bits per heavy atom. The maximum absolute atomic E-state index is 12.5. The number of nitrogens with one attached hydrogen (secondary N) is 2. The van der Waals surface area contributed by atoms with Crippen LogP contribution in [0.1, 0.15) is 0 Å². The van der Waals surface area contributed by atoms with Crippen molar-refractivity contribution in [2.24, 2.45) is 0 Å². The van der Waals surface area contributed by atoms with Crippen LogP contribution in [0.15, 0.2) is 63.3 Å². The number of alkyl halides is 3. The zero-order chi connectivity index (χ0) is 24.2. The Labute approximate surface area is 209 Å². The molecule has 0 saturated carbocycles. The number of halogens is 6. The minimum absolute atomic E-state index is 0.250. The molecule has 1 aromatic heterocycles. The molecule has 13 heteroatoms. The number of allylic oxidation sites excluding steroid dienone is 1. The number of rotatable bonds is 7. The molecule has 1 heterocycles. The van der Waals surface area contributed by atoms with Crippen molar-refractivity contribution in [3.63, 3.8) is 0 Å².